The zero-order valence-electron chi connectivity index (χ0n) is 11.3. The number of aromatic nitrogens is 3. The van der Waals surface area contributed by atoms with Gasteiger partial charge in [0.05, 0.1) is 18.4 Å². The minimum absolute atomic E-state index is 0.224. The molecule has 1 aliphatic heterocycles. The predicted octanol–water partition coefficient (Wildman–Crippen LogP) is 1.16. The van der Waals surface area contributed by atoms with Crippen LogP contribution in [0.4, 0.5) is 0 Å². The van der Waals surface area contributed by atoms with E-state index in [2.05, 4.69) is 28.6 Å². The highest BCUT2D eigenvalue weighted by Gasteiger charge is 2.22. The van der Waals surface area contributed by atoms with Crippen molar-refractivity contribution in [2.45, 2.75) is 50.4 Å². The number of carbonyl (C=O) groups excluding carboxylic acids is 1. The van der Waals surface area contributed by atoms with Crippen molar-refractivity contribution in [2.24, 2.45) is 5.73 Å². The molecule has 0 aromatic carbocycles. The molecule has 1 fully saturated rings. The molecule has 7 heteroatoms. The molecule has 1 atom stereocenters. The van der Waals surface area contributed by atoms with Gasteiger partial charge in [-0.1, -0.05) is 25.6 Å². The lowest BCUT2D eigenvalue weighted by Gasteiger charge is -2.15. The fourth-order valence-corrected chi connectivity index (χ4v) is 2.83. The van der Waals surface area contributed by atoms with Crippen LogP contribution in [0.5, 0.6) is 0 Å². The Kier molecular flexibility index (Phi) is 4.81. The summed E-state index contributed by atoms with van der Waals surface area (Å²) in [4.78, 5) is 10.9. The average molecular weight is 284 g/mol. The topological polar surface area (TPSA) is 83.0 Å². The zero-order valence-corrected chi connectivity index (χ0v) is 12.2. The molecule has 1 amide bonds. The number of nitrogens with zero attached hydrogens (tertiary/aromatic N) is 3. The summed E-state index contributed by atoms with van der Waals surface area (Å²) in [6, 6.07) is 0. The number of nitrogens with two attached hydrogens (primary N) is 1. The first-order valence-electron chi connectivity index (χ1n) is 6.53. The Morgan fingerprint density at radius 3 is 2.95 bits per heavy atom. The Morgan fingerprint density at radius 2 is 2.37 bits per heavy atom. The van der Waals surface area contributed by atoms with Crippen LogP contribution in [-0.4, -0.2) is 39.1 Å². The molecule has 6 nitrogen and oxygen atoms in total. The number of primary amides is 1. The van der Waals surface area contributed by atoms with Gasteiger partial charge in [0.2, 0.25) is 5.91 Å². The van der Waals surface area contributed by atoms with E-state index in [1.165, 1.54) is 11.8 Å². The fraction of sp³-hybridized carbons (Fsp3) is 0.750. The molecule has 0 saturated carbocycles. The highest BCUT2D eigenvalue weighted by molar-refractivity contribution is 7.99. The Balaban J connectivity index is 2.14. The van der Waals surface area contributed by atoms with E-state index in [0.29, 0.717) is 0 Å². The van der Waals surface area contributed by atoms with Gasteiger partial charge in [0, 0.05) is 12.5 Å². The molecule has 19 heavy (non-hydrogen) atoms. The van der Waals surface area contributed by atoms with E-state index in [9.17, 15) is 4.79 Å². The molecular weight excluding hydrogens is 264 g/mol. The van der Waals surface area contributed by atoms with Crippen molar-refractivity contribution in [1.82, 2.24) is 14.8 Å². The number of ether oxygens (including phenoxy) is 1. The standard InChI is InChI=1S/C12H20N4O2S/c1-8(2)11-14-15-12(19-7-10(13)17)16(11)6-9-4-3-5-18-9/h8-9H,3-7H2,1-2H3,(H2,13,17)/t9-/m0/s1. The summed E-state index contributed by atoms with van der Waals surface area (Å²) in [7, 11) is 0. The van der Waals surface area contributed by atoms with Crippen molar-refractivity contribution < 1.29 is 9.53 Å². The van der Waals surface area contributed by atoms with Crippen LogP contribution >= 0.6 is 11.8 Å². The summed E-state index contributed by atoms with van der Waals surface area (Å²) in [6.07, 6.45) is 2.39. The first kappa shape index (κ1) is 14.3. The van der Waals surface area contributed by atoms with E-state index >= 15 is 0 Å². The molecule has 0 unspecified atom stereocenters. The maximum Gasteiger partial charge on any atom is 0.227 e. The average Bonchev–Trinajstić information content (AvgIpc) is 2.96. The van der Waals surface area contributed by atoms with E-state index in [4.69, 9.17) is 10.5 Å². The van der Waals surface area contributed by atoms with Gasteiger partial charge in [0.15, 0.2) is 5.16 Å². The molecule has 2 N–H and O–H groups in total. The maximum atomic E-state index is 10.9. The van der Waals surface area contributed by atoms with Crippen molar-refractivity contribution in [2.75, 3.05) is 12.4 Å². The lowest BCUT2D eigenvalue weighted by Crippen LogP contribution is -2.19. The Bertz CT molecular complexity index is 441. The number of amides is 1. The normalized spacial score (nSPS) is 19.2. The number of thioether (sulfide) groups is 1. The lowest BCUT2D eigenvalue weighted by molar-refractivity contribution is -0.115. The third kappa shape index (κ3) is 3.70. The molecule has 0 spiro atoms. The first-order valence-corrected chi connectivity index (χ1v) is 7.52. The monoisotopic (exact) mass is 284 g/mol. The lowest BCUT2D eigenvalue weighted by atomic mass is 10.2. The van der Waals surface area contributed by atoms with Gasteiger partial charge in [-0.05, 0) is 12.8 Å². The third-order valence-electron chi connectivity index (χ3n) is 3.02. The summed E-state index contributed by atoms with van der Waals surface area (Å²) in [5.41, 5.74) is 5.18. The molecule has 0 bridgehead atoms. The second-order valence-electron chi connectivity index (χ2n) is 5.00. The van der Waals surface area contributed by atoms with Crippen LogP contribution in [0.1, 0.15) is 38.4 Å². The molecule has 2 heterocycles. The Hall–Kier alpha value is -1.08. The second kappa shape index (κ2) is 6.38. The van der Waals surface area contributed by atoms with Gasteiger partial charge in [-0.2, -0.15) is 0 Å². The van der Waals surface area contributed by atoms with Gasteiger partial charge < -0.3 is 15.0 Å². The minimum Gasteiger partial charge on any atom is -0.376 e. The molecule has 1 aromatic rings. The molecule has 1 saturated heterocycles. The number of hydrogen-bond donors (Lipinski definition) is 1. The van der Waals surface area contributed by atoms with Crippen LogP contribution in [-0.2, 0) is 16.1 Å². The molecular formula is C12H20N4O2S. The molecule has 106 valence electrons. The smallest absolute Gasteiger partial charge is 0.227 e. The predicted molar refractivity (Wildman–Crippen MR) is 73.0 cm³/mol. The summed E-state index contributed by atoms with van der Waals surface area (Å²) in [5, 5.41) is 9.13. The summed E-state index contributed by atoms with van der Waals surface area (Å²) < 4.78 is 7.73. The second-order valence-corrected chi connectivity index (χ2v) is 5.94. The van der Waals surface area contributed by atoms with Crippen LogP contribution in [0, 0.1) is 0 Å². The highest BCUT2D eigenvalue weighted by Crippen LogP contribution is 2.24. The largest absolute Gasteiger partial charge is 0.376 e. The number of carbonyl (C=O) groups is 1. The van der Waals surface area contributed by atoms with Gasteiger partial charge in [0.1, 0.15) is 5.82 Å². The van der Waals surface area contributed by atoms with E-state index in [1.807, 2.05) is 0 Å². The molecule has 0 radical (unpaired) electrons. The first-order chi connectivity index (χ1) is 9.08. The SMILES string of the molecule is CC(C)c1nnc(SCC(N)=O)n1C[C@@H]1CCCO1. The fourth-order valence-electron chi connectivity index (χ4n) is 2.13. The van der Waals surface area contributed by atoms with E-state index in [0.717, 1.165) is 37.0 Å². The van der Waals surface area contributed by atoms with Crippen LogP contribution in [0.2, 0.25) is 0 Å². The van der Waals surface area contributed by atoms with Crippen molar-refractivity contribution in [3.63, 3.8) is 0 Å². The van der Waals surface area contributed by atoms with Gasteiger partial charge in [-0.3, -0.25) is 4.79 Å². The molecule has 1 aromatic heterocycles. The van der Waals surface area contributed by atoms with E-state index in [-0.39, 0.29) is 23.7 Å². The van der Waals surface area contributed by atoms with Crippen LogP contribution in [0.25, 0.3) is 0 Å². The Morgan fingerprint density at radius 1 is 1.58 bits per heavy atom. The van der Waals surface area contributed by atoms with Crippen LogP contribution in [0.15, 0.2) is 5.16 Å². The Labute approximate surface area is 117 Å². The van der Waals surface area contributed by atoms with Gasteiger partial charge in [0.25, 0.3) is 0 Å². The van der Waals surface area contributed by atoms with Crippen LogP contribution in [0.3, 0.4) is 0 Å². The van der Waals surface area contributed by atoms with Gasteiger partial charge >= 0.3 is 0 Å². The number of hydrogen-bond acceptors (Lipinski definition) is 5. The molecule has 0 aliphatic carbocycles. The molecule has 1 aliphatic rings. The van der Waals surface area contributed by atoms with Crippen molar-refractivity contribution >= 4 is 17.7 Å². The van der Waals surface area contributed by atoms with E-state index in [1.54, 1.807) is 0 Å². The highest BCUT2D eigenvalue weighted by atomic mass is 32.2. The van der Waals surface area contributed by atoms with Gasteiger partial charge in [-0.25, -0.2) is 0 Å². The maximum absolute atomic E-state index is 10.9. The summed E-state index contributed by atoms with van der Waals surface area (Å²) in [6.45, 7) is 5.74. The summed E-state index contributed by atoms with van der Waals surface area (Å²) in [5.74, 6) is 1.10. The van der Waals surface area contributed by atoms with E-state index < -0.39 is 0 Å². The van der Waals surface area contributed by atoms with Crippen LogP contribution < -0.4 is 5.73 Å². The van der Waals surface area contributed by atoms with Crippen molar-refractivity contribution in [3.8, 4) is 0 Å². The third-order valence-corrected chi connectivity index (χ3v) is 4.00. The van der Waals surface area contributed by atoms with Crippen molar-refractivity contribution in [1.29, 1.82) is 0 Å². The number of rotatable bonds is 6. The van der Waals surface area contributed by atoms with Gasteiger partial charge in [-0.15, -0.1) is 10.2 Å². The summed E-state index contributed by atoms with van der Waals surface area (Å²) >= 11 is 1.34. The quantitative estimate of drug-likeness (QED) is 0.792. The zero-order chi connectivity index (χ0) is 13.8. The minimum atomic E-state index is -0.345. The molecule has 2 rings (SSSR count). The van der Waals surface area contributed by atoms with Crippen molar-refractivity contribution in [3.05, 3.63) is 5.82 Å².